The third-order valence-electron chi connectivity index (χ3n) is 3.93. The predicted octanol–water partition coefficient (Wildman–Crippen LogP) is 3.89. The monoisotopic (exact) mass is 340 g/mol. The van der Waals surface area contributed by atoms with Crippen LogP contribution in [0.3, 0.4) is 0 Å². The highest BCUT2D eigenvalue weighted by molar-refractivity contribution is 9.10. The first kappa shape index (κ1) is 15.2. The molecule has 1 saturated carbocycles. The molecule has 2 atom stereocenters. The van der Waals surface area contributed by atoms with Crippen LogP contribution < -0.4 is 10.5 Å². The van der Waals surface area contributed by atoms with Gasteiger partial charge in [0.1, 0.15) is 5.75 Å². The summed E-state index contributed by atoms with van der Waals surface area (Å²) in [5.74, 6) is 1.51. The maximum atomic E-state index is 8.88. The van der Waals surface area contributed by atoms with Gasteiger partial charge in [0.2, 0.25) is 0 Å². The standard InChI is InChI=1S/C15H21BrN2O2/c1-2-10-4-3-5-12(8-10)20-14-7-6-11(16)9-13(14)15(17)18-19/h6-7,9-10,12,19H,2-5,8H2,1H3,(H2,17,18). The van der Waals surface area contributed by atoms with Gasteiger partial charge >= 0.3 is 0 Å². The van der Waals surface area contributed by atoms with Crippen molar-refractivity contribution in [3.05, 3.63) is 28.2 Å². The zero-order chi connectivity index (χ0) is 14.5. The quantitative estimate of drug-likeness (QED) is 0.378. The molecule has 1 aromatic rings. The summed E-state index contributed by atoms with van der Waals surface area (Å²) in [4.78, 5) is 0. The Morgan fingerprint density at radius 1 is 1.50 bits per heavy atom. The Kier molecular flexibility index (Phi) is 5.29. The van der Waals surface area contributed by atoms with Crippen LogP contribution in [0, 0.1) is 5.92 Å². The first-order valence-corrected chi connectivity index (χ1v) is 7.87. The van der Waals surface area contributed by atoms with Crippen molar-refractivity contribution < 1.29 is 9.94 Å². The van der Waals surface area contributed by atoms with Crippen molar-refractivity contribution in [3.63, 3.8) is 0 Å². The fourth-order valence-corrected chi connectivity index (χ4v) is 3.12. The lowest BCUT2D eigenvalue weighted by Crippen LogP contribution is -2.26. The third kappa shape index (κ3) is 3.66. The molecule has 0 aromatic heterocycles. The maximum Gasteiger partial charge on any atom is 0.173 e. The Morgan fingerprint density at radius 3 is 3.00 bits per heavy atom. The highest BCUT2D eigenvalue weighted by Gasteiger charge is 2.23. The minimum atomic E-state index is 0.0733. The molecule has 1 aliphatic carbocycles. The summed E-state index contributed by atoms with van der Waals surface area (Å²) in [5.41, 5.74) is 6.35. The molecule has 0 amide bonds. The molecule has 0 aliphatic heterocycles. The van der Waals surface area contributed by atoms with E-state index < -0.39 is 0 Å². The van der Waals surface area contributed by atoms with E-state index in [1.165, 1.54) is 19.3 Å². The van der Waals surface area contributed by atoms with Gasteiger partial charge < -0.3 is 15.7 Å². The van der Waals surface area contributed by atoms with E-state index in [2.05, 4.69) is 28.0 Å². The predicted molar refractivity (Wildman–Crippen MR) is 83.3 cm³/mol. The van der Waals surface area contributed by atoms with Gasteiger partial charge in [-0.2, -0.15) is 0 Å². The number of halogens is 1. The molecule has 0 radical (unpaired) electrons. The summed E-state index contributed by atoms with van der Waals surface area (Å²) in [7, 11) is 0. The van der Waals surface area contributed by atoms with Crippen LogP contribution >= 0.6 is 15.9 Å². The molecule has 4 nitrogen and oxygen atoms in total. The molecule has 20 heavy (non-hydrogen) atoms. The first-order chi connectivity index (χ1) is 9.63. The van der Waals surface area contributed by atoms with E-state index in [-0.39, 0.29) is 11.9 Å². The largest absolute Gasteiger partial charge is 0.490 e. The van der Waals surface area contributed by atoms with Crippen LogP contribution in [0.15, 0.2) is 27.8 Å². The Balaban J connectivity index is 2.16. The van der Waals surface area contributed by atoms with Crippen LogP contribution in [0.1, 0.15) is 44.6 Å². The molecule has 5 heteroatoms. The summed E-state index contributed by atoms with van der Waals surface area (Å²) < 4.78 is 6.98. The molecular weight excluding hydrogens is 320 g/mol. The number of ether oxygens (including phenoxy) is 1. The smallest absolute Gasteiger partial charge is 0.173 e. The highest BCUT2D eigenvalue weighted by atomic mass is 79.9. The number of hydrogen-bond donors (Lipinski definition) is 2. The van der Waals surface area contributed by atoms with Crippen molar-refractivity contribution in [1.82, 2.24) is 0 Å². The van der Waals surface area contributed by atoms with Gasteiger partial charge in [0.25, 0.3) is 0 Å². The number of amidine groups is 1. The number of rotatable bonds is 4. The fraction of sp³-hybridized carbons (Fsp3) is 0.533. The summed E-state index contributed by atoms with van der Waals surface area (Å²) >= 11 is 3.39. The van der Waals surface area contributed by atoms with Crippen molar-refractivity contribution in [2.75, 3.05) is 0 Å². The maximum absolute atomic E-state index is 8.88. The minimum absolute atomic E-state index is 0.0733. The Labute approximate surface area is 128 Å². The topological polar surface area (TPSA) is 67.8 Å². The second-order valence-electron chi connectivity index (χ2n) is 5.31. The molecule has 1 aromatic carbocycles. The van der Waals surface area contributed by atoms with Crippen LogP contribution in [0.5, 0.6) is 5.75 Å². The number of nitrogens with zero attached hydrogens (tertiary/aromatic N) is 1. The molecule has 0 spiro atoms. The normalized spacial score (nSPS) is 23.6. The Morgan fingerprint density at radius 2 is 2.30 bits per heavy atom. The van der Waals surface area contributed by atoms with Gasteiger partial charge in [-0.15, -0.1) is 0 Å². The number of oxime groups is 1. The number of hydrogen-bond acceptors (Lipinski definition) is 3. The molecule has 2 unspecified atom stereocenters. The van der Waals surface area contributed by atoms with E-state index in [4.69, 9.17) is 15.7 Å². The van der Waals surface area contributed by atoms with E-state index in [9.17, 15) is 0 Å². The van der Waals surface area contributed by atoms with Gasteiger partial charge in [-0.25, -0.2) is 0 Å². The molecule has 0 bridgehead atoms. The molecule has 0 heterocycles. The molecular formula is C15H21BrN2O2. The lowest BCUT2D eigenvalue weighted by molar-refractivity contribution is 0.122. The Bertz CT molecular complexity index is 491. The van der Waals surface area contributed by atoms with Crippen molar-refractivity contribution in [2.45, 2.75) is 45.1 Å². The van der Waals surface area contributed by atoms with Crippen LogP contribution in [0.2, 0.25) is 0 Å². The lowest BCUT2D eigenvalue weighted by Gasteiger charge is -2.29. The van der Waals surface area contributed by atoms with E-state index in [0.29, 0.717) is 11.3 Å². The average molecular weight is 341 g/mol. The summed E-state index contributed by atoms with van der Waals surface area (Å²) in [6.07, 6.45) is 6.08. The van der Waals surface area contributed by atoms with Gasteiger partial charge in [-0.05, 0) is 43.4 Å². The van der Waals surface area contributed by atoms with Gasteiger partial charge in [0, 0.05) is 4.47 Å². The summed E-state index contributed by atoms with van der Waals surface area (Å²) in [6.45, 7) is 2.23. The first-order valence-electron chi connectivity index (χ1n) is 7.08. The van der Waals surface area contributed by atoms with Crippen molar-refractivity contribution in [1.29, 1.82) is 0 Å². The van der Waals surface area contributed by atoms with E-state index >= 15 is 0 Å². The van der Waals surface area contributed by atoms with Crippen molar-refractivity contribution >= 4 is 21.8 Å². The Hall–Kier alpha value is -1.23. The third-order valence-corrected chi connectivity index (χ3v) is 4.42. The molecule has 0 saturated heterocycles. The minimum Gasteiger partial charge on any atom is -0.490 e. The van der Waals surface area contributed by atoms with E-state index in [0.717, 1.165) is 23.2 Å². The van der Waals surface area contributed by atoms with Gasteiger partial charge in [0.15, 0.2) is 5.84 Å². The fourth-order valence-electron chi connectivity index (χ4n) is 2.76. The zero-order valence-electron chi connectivity index (χ0n) is 11.7. The lowest BCUT2D eigenvalue weighted by atomic mass is 9.85. The molecule has 2 rings (SSSR count). The molecule has 3 N–H and O–H groups in total. The highest BCUT2D eigenvalue weighted by Crippen LogP contribution is 2.31. The van der Waals surface area contributed by atoms with Gasteiger partial charge in [-0.3, -0.25) is 0 Å². The van der Waals surface area contributed by atoms with Crippen LogP contribution in [-0.4, -0.2) is 17.1 Å². The average Bonchev–Trinajstić information content (AvgIpc) is 2.48. The molecule has 110 valence electrons. The van der Waals surface area contributed by atoms with Gasteiger partial charge in [0.05, 0.1) is 11.7 Å². The zero-order valence-corrected chi connectivity index (χ0v) is 13.3. The summed E-state index contributed by atoms with van der Waals surface area (Å²) in [6, 6.07) is 5.58. The van der Waals surface area contributed by atoms with Crippen molar-refractivity contribution in [2.24, 2.45) is 16.8 Å². The van der Waals surface area contributed by atoms with E-state index in [1.807, 2.05) is 18.2 Å². The van der Waals surface area contributed by atoms with Crippen LogP contribution in [-0.2, 0) is 0 Å². The number of nitrogens with two attached hydrogens (primary N) is 1. The molecule has 1 fully saturated rings. The summed E-state index contributed by atoms with van der Waals surface area (Å²) in [5, 5.41) is 12.0. The molecule has 1 aliphatic rings. The van der Waals surface area contributed by atoms with Gasteiger partial charge in [-0.1, -0.05) is 40.9 Å². The van der Waals surface area contributed by atoms with Crippen LogP contribution in [0.4, 0.5) is 0 Å². The second-order valence-corrected chi connectivity index (χ2v) is 6.22. The van der Waals surface area contributed by atoms with Crippen molar-refractivity contribution in [3.8, 4) is 5.75 Å². The SMILES string of the molecule is CCC1CCCC(Oc2ccc(Br)cc2/C(N)=N/O)C1. The van der Waals surface area contributed by atoms with E-state index in [1.54, 1.807) is 0 Å². The number of benzene rings is 1. The van der Waals surface area contributed by atoms with Crippen LogP contribution in [0.25, 0.3) is 0 Å². The second kappa shape index (κ2) is 6.97.